The molecule has 1 aliphatic carbocycles. The van der Waals surface area contributed by atoms with Crippen LogP contribution in [0.2, 0.25) is 0 Å². The molecule has 0 heterocycles. The van der Waals surface area contributed by atoms with E-state index in [9.17, 15) is 44.0 Å². The fourth-order valence-corrected chi connectivity index (χ4v) is 7.57. The largest absolute Gasteiger partial charge is 0.744 e. The van der Waals surface area contributed by atoms with Crippen molar-refractivity contribution in [1.29, 1.82) is 0 Å². The summed E-state index contributed by atoms with van der Waals surface area (Å²) in [5.41, 5.74) is 5.21. The van der Waals surface area contributed by atoms with Crippen molar-refractivity contribution in [3.63, 3.8) is 0 Å². The molecule has 15 heteroatoms. The number of phenols is 1. The highest BCUT2D eigenvalue weighted by molar-refractivity contribution is 7.86. The van der Waals surface area contributed by atoms with Gasteiger partial charge in [-0.3, -0.25) is 9.11 Å². The van der Waals surface area contributed by atoms with Crippen LogP contribution in [-0.4, -0.2) is 67.4 Å². The standard InChI is InChI=1S/C37H36N2O10S3/c1-3-38(24-26-7-5-9-33(21-26)50(41,42)43)31-16-11-28(12-17-31)37(30-15-20-35(40)36(23-30)52(47,48)49)29-13-18-32(19-14-29)39(4-2)25-27-8-6-10-34(22-27)51(44,45)46/h5-23H,3-4,24-25H2,1-2H3,(H3,41,42,43,44,45,46,47,48,49). The summed E-state index contributed by atoms with van der Waals surface area (Å²) in [5, 5.41) is 10.3. The lowest BCUT2D eigenvalue weighted by molar-refractivity contribution is -0.539. The Morgan fingerprint density at radius 2 is 1.31 bits per heavy atom. The van der Waals surface area contributed by atoms with Crippen molar-refractivity contribution in [2.24, 2.45) is 0 Å². The Morgan fingerprint density at radius 3 is 1.88 bits per heavy atom. The Kier molecular flexibility index (Phi) is 11.3. The third-order valence-corrected chi connectivity index (χ3v) is 11.0. The van der Waals surface area contributed by atoms with Crippen LogP contribution in [0.25, 0.3) is 5.57 Å². The molecule has 3 N–H and O–H groups in total. The average Bonchev–Trinajstić information content (AvgIpc) is 3.10. The fraction of sp³-hybridized carbons (Fsp3) is 0.162. The zero-order valence-corrected chi connectivity index (χ0v) is 30.6. The Morgan fingerprint density at radius 1 is 0.712 bits per heavy atom. The maximum Gasteiger partial charge on any atom is 0.298 e. The highest BCUT2D eigenvalue weighted by atomic mass is 32.2. The van der Waals surface area contributed by atoms with Crippen molar-refractivity contribution in [2.45, 2.75) is 41.6 Å². The normalized spacial score (nSPS) is 13.3. The van der Waals surface area contributed by atoms with Crippen molar-refractivity contribution in [2.75, 3.05) is 18.0 Å². The van der Waals surface area contributed by atoms with E-state index in [2.05, 4.69) is 0 Å². The number of anilines is 1. The zero-order chi connectivity index (χ0) is 37.8. The topological polar surface area (TPSA) is 192 Å². The van der Waals surface area contributed by atoms with E-state index in [4.69, 9.17) is 0 Å². The fourth-order valence-electron chi connectivity index (χ4n) is 5.87. The first-order chi connectivity index (χ1) is 24.5. The molecule has 0 saturated carbocycles. The van der Waals surface area contributed by atoms with E-state index in [1.807, 2.05) is 71.9 Å². The van der Waals surface area contributed by atoms with Crippen molar-refractivity contribution >= 4 is 47.3 Å². The van der Waals surface area contributed by atoms with Gasteiger partial charge in [0.1, 0.15) is 27.3 Å². The number of nitrogens with zero attached hydrogens (tertiary/aromatic N) is 2. The molecule has 0 unspecified atom stereocenters. The molecule has 272 valence electrons. The van der Waals surface area contributed by atoms with Gasteiger partial charge in [-0.2, -0.15) is 16.8 Å². The molecule has 0 spiro atoms. The first kappa shape index (κ1) is 38.3. The Balaban J connectivity index is 1.54. The molecule has 4 aromatic carbocycles. The first-order valence-corrected chi connectivity index (χ1v) is 20.3. The highest BCUT2D eigenvalue weighted by Crippen LogP contribution is 2.35. The summed E-state index contributed by atoms with van der Waals surface area (Å²) in [5.74, 6) is -0.611. The molecular weight excluding hydrogens is 729 g/mol. The Bertz CT molecular complexity index is 2450. The van der Waals surface area contributed by atoms with Gasteiger partial charge >= 0.3 is 0 Å². The van der Waals surface area contributed by atoms with E-state index in [-0.39, 0.29) is 9.79 Å². The maximum atomic E-state index is 12.1. The van der Waals surface area contributed by atoms with E-state index in [0.717, 1.165) is 11.4 Å². The summed E-state index contributed by atoms with van der Waals surface area (Å²) in [4.78, 5) is 0.815. The van der Waals surface area contributed by atoms with E-state index >= 15 is 0 Å². The van der Waals surface area contributed by atoms with Gasteiger partial charge < -0.3 is 14.6 Å². The summed E-state index contributed by atoms with van der Waals surface area (Å²) in [6.45, 7) is 5.65. The van der Waals surface area contributed by atoms with Crippen LogP contribution in [0.3, 0.4) is 0 Å². The van der Waals surface area contributed by atoms with Crippen LogP contribution in [0.4, 0.5) is 5.69 Å². The van der Waals surface area contributed by atoms with Crippen LogP contribution in [-0.2, 0) is 43.4 Å². The number of hydrogen-bond donors (Lipinski definition) is 3. The molecule has 52 heavy (non-hydrogen) atoms. The van der Waals surface area contributed by atoms with Gasteiger partial charge in [-0.25, -0.2) is 13.0 Å². The zero-order valence-electron chi connectivity index (χ0n) is 28.1. The van der Waals surface area contributed by atoms with Gasteiger partial charge in [0.15, 0.2) is 12.3 Å². The minimum atomic E-state index is -4.77. The monoisotopic (exact) mass is 764 g/mol. The second kappa shape index (κ2) is 15.4. The lowest BCUT2D eigenvalue weighted by atomic mass is 9.90. The second-order valence-corrected chi connectivity index (χ2v) is 16.1. The summed E-state index contributed by atoms with van der Waals surface area (Å²) < 4.78 is 104. The highest BCUT2D eigenvalue weighted by Gasteiger charge is 2.21. The van der Waals surface area contributed by atoms with Crippen LogP contribution >= 0.6 is 0 Å². The quantitative estimate of drug-likeness (QED) is 0.123. The second-order valence-electron chi connectivity index (χ2n) is 11.9. The summed E-state index contributed by atoms with van der Waals surface area (Å²) in [6, 6.07) is 23.2. The van der Waals surface area contributed by atoms with Crippen LogP contribution in [0, 0.1) is 0 Å². The average molecular weight is 765 g/mol. The molecule has 0 aromatic heterocycles. The van der Waals surface area contributed by atoms with Gasteiger partial charge in [-0.05, 0) is 102 Å². The van der Waals surface area contributed by atoms with Gasteiger partial charge in [0.05, 0.1) is 9.79 Å². The van der Waals surface area contributed by atoms with Crippen LogP contribution in [0.1, 0.15) is 36.1 Å². The molecule has 0 atom stereocenters. The van der Waals surface area contributed by atoms with E-state index in [1.165, 1.54) is 48.5 Å². The molecule has 0 saturated heterocycles. The first-order valence-electron chi connectivity index (χ1n) is 16.0. The number of aromatic hydroxyl groups is 1. The molecule has 1 aliphatic rings. The van der Waals surface area contributed by atoms with Gasteiger partial charge in [-0.1, -0.05) is 42.5 Å². The molecule has 4 aromatic rings. The molecule has 0 aliphatic heterocycles. The number of allylic oxidation sites excluding steroid dienone is 5. The Labute approximate surface area is 303 Å². The predicted molar refractivity (Wildman–Crippen MR) is 196 cm³/mol. The van der Waals surface area contributed by atoms with Crippen LogP contribution in [0.15, 0.2) is 136 Å². The third-order valence-electron chi connectivity index (χ3n) is 8.46. The van der Waals surface area contributed by atoms with Crippen LogP contribution < -0.4 is 4.90 Å². The van der Waals surface area contributed by atoms with Gasteiger partial charge in [0.25, 0.3) is 20.2 Å². The number of hydrogen-bond acceptors (Lipinski definition) is 9. The molecule has 0 fully saturated rings. The maximum absolute atomic E-state index is 12.1. The minimum absolute atomic E-state index is 0.203. The minimum Gasteiger partial charge on any atom is -0.744 e. The summed E-state index contributed by atoms with van der Waals surface area (Å²) >= 11 is 0. The van der Waals surface area contributed by atoms with E-state index < -0.39 is 41.0 Å². The summed E-state index contributed by atoms with van der Waals surface area (Å²) in [6.07, 6.45) is 7.40. The number of benzene rings is 4. The molecular formula is C37H36N2O10S3. The lowest BCUT2D eigenvalue weighted by Crippen LogP contribution is -2.22. The third kappa shape index (κ3) is 9.11. The van der Waals surface area contributed by atoms with Crippen LogP contribution in [0.5, 0.6) is 5.75 Å². The predicted octanol–water partition coefficient (Wildman–Crippen LogP) is 5.42. The summed E-state index contributed by atoms with van der Waals surface area (Å²) in [7, 11) is -13.8. The molecule has 5 rings (SSSR count). The molecule has 0 amide bonds. The van der Waals surface area contributed by atoms with Crippen molar-refractivity contribution in [3.05, 3.63) is 143 Å². The van der Waals surface area contributed by atoms with Crippen molar-refractivity contribution in [1.82, 2.24) is 0 Å². The number of phenolic OH excluding ortho intramolecular Hbond substituents is 1. The van der Waals surface area contributed by atoms with Crippen molar-refractivity contribution < 1.29 is 48.6 Å². The van der Waals surface area contributed by atoms with Gasteiger partial charge in [0.2, 0.25) is 0 Å². The van der Waals surface area contributed by atoms with Crippen molar-refractivity contribution in [3.8, 4) is 5.75 Å². The van der Waals surface area contributed by atoms with E-state index in [0.29, 0.717) is 59.6 Å². The number of rotatable bonds is 12. The Hall–Kier alpha value is -4.90. The van der Waals surface area contributed by atoms with E-state index in [1.54, 1.807) is 18.2 Å². The smallest absolute Gasteiger partial charge is 0.298 e. The molecule has 0 bridgehead atoms. The van der Waals surface area contributed by atoms with Gasteiger partial charge in [0, 0.05) is 36.5 Å². The molecule has 0 radical (unpaired) electrons. The lowest BCUT2D eigenvalue weighted by Gasteiger charge is -2.24. The SMILES string of the molecule is CCN(Cc1cccc(S(=O)(=O)[O-])c1)c1ccc(C(=C2C=CC(=[N+](CC)Cc3cccc(S(=O)(=O)O)c3)C=C2)c2ccc(O)c(S(=O)(=O)O)c2)cc1. The molecule has 12 nitrogen and oxygen atoms in total. The van der Waals surface area contributed by atoms with Gasteiger partial charge in [-0.15, -0.1) is 0 Å².